The van der Waals surface area contributed by atoms with Gasteiger partial charge in [0.2, 0.25) is 0 Å². The van der Waals surface area contributed by atoms with Crippen molar-refractivity contribution in [1.29, 1.82) is 0 Å². The van der Waals surface area contributed by atoms with Crippen LogP contribution >= 0.6 is 0 Å². The minimum Gasteiger partial charge on any atom is -0.444 e. The summed E-state index contributed by atoms with van der Waals surface area (Å²) in [7, 11) is 0. The van der Waals surface area contributed by atoms with E-state index in [1.807, 2.05) is 12.1 Å². The number of hydrogen-bond donors (Lipinski definition) is 1. The second-order valence-electron chi connectivity index (χ2n) is 5.17. The van der Waals surface area contributed by atoms with E-state index < -0.39 is 0 Å². The van der Waals surface area contributed by atoms with E-state index in [-0.39, 0.29) is 0 Å². The zero-order chi connectivity index (χ0) is 12.4. The normalized spacial score (nSPS) is 16.5. The van der Waals surface area contributed by atoms with Gasteiger partial charge in [-0.25, -0.2) is 4.98 Å². The molecule has 0 amide bonds. The highest BCUT2D eigenvalue weighted by Gasteiger charge is 2.23. The van der Waals surface area contributed by atoms with Gasteiger partial charge in [-0.1, -0.05) is 25.0 Å². The summed E-state index contributed by atoms with van der Waals surface area (Å²) in [6, 6.07) is 8.83. The third kappa shape index (κ3) is 2.73. The highest BCUT2D eigenvalue weighted by Crippen LogP contribution is 2.34. The fourth-order valence-electron chi connectivity index (χ4n) is 2.32. The molecule has 94 valence electrons. The lowest BCUT2D eigenvalue weighted by molar-refractivity contribution is 0.572. The predicted octanol–water partition coefficient (Wildman–Crippen LogP) is 3.94. The first-order chi connectivity index (χ1) is 8.81. The average Bonchev–Trinajstić information content (AvgIpc) is 3.00. The van der Waals surface area contributed by atoms with E-state index in [1.165, 1.54) is 25.7 Å². The molecule has 0 saturated heterocycles. The van der Waals surface area contributed by atoms with Crippen molar-refractivity contribution in [3.05, 3.63) is 36.9 Å². The molecular weight excluding hydrogens is 224 g/mol. The van der Waals surface area contributed by atoms with E-state index in [4.69, 9.17) is 4.42 Å². The molecule has 0 bridgehead atoms. The van der Waals surface area contributed by atoms with Gasteiger partial charge in [0.05, 0.1) is 6.20 Å². The molecule has 1 N–H and O–H groups in total. The molecule has 3 rings (SSSR count). The SMILES string of the molecule is CC(CC1CC1)Nc1cccc(-c2cnco2)c1. The monoisotopic (exact) mass is 242 g/mol. The highest BCUT2D eigenvalue weighted by atomic mass is 16.3. The quantitative estimate of drug-likeness (QED) is 0.863. The number of anilines is 1. The van der Waals surface area contributed by atoms with Crippen LogP contribution in [0.5, 0.6) is 0 Å². The van der Waals surface area contributed by atoms with Crippen molar-refractivity contribution in [3.63, 3.8) is 0 Å². The third-order valence-corrected chi connectivity index (χ3v) is 3.38. The van der Waals surface area contributed by atoms with Gasteiger partial charge in [-0.15, -0.1) is 0 Å². The van der Waals surface area contributed by atoms with Gasteiger partial charge in [-0.2, -0.15) is 0 Å². The van der Waals surface area contributed by atoms with E-state index in [2.05, 4.69) is 29.4 Å². The zero-order valence-corrected chi connectivity index (χ0v) is 10.6. The van der Waals surface area contributed by atoms with Gasteiger partial charge in [-0.05, 0) is 31.4 Å². The largest absolute Gasteiger partial charge is 0.444 e. The summed E-state index contributed by atoms with van der Waals surface area (Å²) in [5.74, 6) is 1.76. The van der Waals surface area contributed by atoms with Crippen LogP contribution in [-0.2, 0) is 0 Å². The smallest absolute Gasteiger partial charge is 0.181 e. The van der Waals surface area contributed by atoms with Crippen LogP contribution in [0.1, 0.15) is 26.2 Å². The van der Waals surface area contributed by atoms with Gasteiger partial charge >= 0.3 is 0 Å². The molecule has 1 saturated carbocycles. The Bertz CT molecular complexity index is 503. The molecule has 0 radical (unpaired) electrons. The van der Waals surface area contributed by atoms with Gasteiger partial charge < -0.3 is 9.73 Å². The zero-order valence-electron chi connectivity index (χ0n) is 10.6. The Labute approximate surface area is 107 Å². The van der Waals surface area contributed by atoms with Gasteiger partial charge in [0.15, 0.2) is 12.2 Å². The molecule has 3 nitrogen and oxygen atoms in total. The molecule has 3 heteroatoms. The molecule has 1 unspecified atom stereocenters. The topological polar surface area (TPSA) is 38.1 Å². The molecule has 1 heterocycles. The van der Waals surface area contributed by atoms with Gasteiger partial charge in [-0.3, -0.25) is 0 Å². The summed E-state index contributed by atoms with van der Waals surface area (Å²) in [6.45, 7) is 2.25. The maximum Gasteiger partial charge on any atom is 0.181 e. The summed E-state index contributed by atoms with van der Waals surface area (Å²) in [4.78, 5) is 3.95. The van der Waals surface area contributed by atoms with Crippen LogP contribution < -0.4 is 5.32 Å². The Balaban J connectivity index is 1.70. The molecule has 1 atom stereocenters. The molecular formula is C15H18N2O. The molecule has 0 spiro atoms. The van der Waals surface area contributed by atoms with Gasteiger partial charge in [0.25, 0.3) is 0 Å². The van der Waals surface area contributed by atoms with Crippen LogP contribution in [0.25, 0.3) is 11.3 Å². The fourth-order valence-corrected chi connectivity index (χ4v) is 2.32. The standard InChI is InChI=1S/C15H18N2O/c1-11(7-12-5-6-12)17-14-4-2-3-13(8-14)15-9-16-10-18-15/h2-4,8-12,17H,5-7H2,1H3. The maximum absolute atomic E-state index is 5.32. The summed E-state index contributed by atoms with van der Waals surface area (Å²) >= 11 is 0. The van der Waals surface area contributed by atoms with Crippen molar-refractivity contribution < 1.29 is 4.42 Å². The summed E-state index contributed by atoms with van der Waals surface area (Å²) < 4.78 is 5.32. The van der Waals surface area contributed by atoms with E-state index >= 15 is 0 Å². The predicted molar refractivity (Wildman–Crippen MR) is 72.4 cm³/mol. The molecule has 1 aliphatic rings. The van der Waals surface area contributed by atoms with Crippen LogP contribution in [0.2, 0.25) is 0 Å². The Kier molecular flexibility index (Phi) is 3.05. The second-order valence-corrected chi connectivity index (χ2v) is 5.17. The number of hydrogen-bond acceptors (Lipinski definition) is 3. The van der Waals surface area contributed by atoms with E-state index in [1.54, 1.807) is 6.20 Å². The van der Waals surface area contributed by atoms with Crippen molar-refractivity contribution in [3.8, 4) is 11.3 Å². The average molecular weight is 242 g/mol. The molecule has 1 aromatic carbocycles. The third-order valence-electron chi connectivity index (χ3n) is 3.38. The Hall–Kier alpha value is -1.77. The molecule has 1 aromatic heterocycles. The molecule has 1 aliphatic carbocycles. The van der Waals surface area contributed by atoms with Crippen LogP contribution in [0, 0.1) is 5.92 Å². The van der Waals surface area contributed by atoms with Gasteiger partial charge in [0.1, 0.15) is 0 Å². The number of oxazole rings is 1. The minimum absolute atomic E-state index is 0.530. The number of aromatic nitrogens is 1. The lowest BCUT2D eigenvalue weighted by Gasteiger charge is -2.15. The second kappa shape index (κ2) is 4.84. The Morgan fingerprint density at radius 1 is 1.44 bits per heavy atom. The Morgan fingerprint density at radius 2 is 2.33 bits per heavy atom. The van der Waals surface area contributed by atoms with Crippen LogP contribution in [-0.4, -0.2) is 11.0 Å². The van der Waals surface area contributed by atoms with Crippen molar-refractivity contribution >= 4 is 5.69 Å². The molecule has 18 heavy (non-hydrogen) atoms. The lowest BCUT2D eigenvalue weighted by atomic mass is 10.1. The number of rotatable bonds is 5. The van der Waals surface area contributed by atoms with E-state index in [9.17, 15) is 0 Å². The first-order valence-corrected chi connectivity index (χ1v) is 6.57. The number of nitrogens with one attached hydrogen (secondary N) is 1. The minimum atomic E-state index is 0.530. The van der Waals surface area contributed by atoms with Crippen molar-refractivity contribution in [2.45, 2.75) is 32.2 Å². The van der Waals surface area contributed by atoms with Crippen LogP contribution in [0.4, 0.5) is 5.69 Å². The molecule has 2 aromatic rings. The van der Waals surface area contributed by atoms with E-state index in [0.717, 1.165) is 22.9 Å². The molecule has 0 aliphatic heterocycles. The first kappa shape index (κ1) is 11.3. The fraction of sp³-hybridized carbons (Fsp3) is 0.400. The van der Waals surface area contributed by atoms with E-state index in [0.29, 0.717) is 6.04 Å². The Morgan fingerprint density at radius 3 is 3.06 bits per heavy atom. The first-order valence-electron chi connectivity index (χ1n) is 6.57. The van der Waals surface area contributed by atoms with Crippen molar-refractivity contribution in [2.75, 3.05) is 5.32 Å². The van der Waals surface area contributed by atoms with Crippen molar-refractivity contribution in [2.24, 2.45) is 5.92 Å². The van der Waals surface area contributed by atoms with Crippen LogP contribution in [0.3, 0.4) is 0 Å². The highest BCUT2D eigenvalue weighted by molar-refractivity contribution is 5.63. The summed E-state index contributed by atoms with van der Waals surface area (Å²) in [5, 5.41) is 3.55. The van der Waals surface area contributed by atoms with Gasteiger partial charge in [0, 0.05) is 17.3 Å². The lowest BCUT2D eigenvalue weighted by Crippen LogP contribution is -2.15. The summed E-state index contributed by atoms with van der Waals surface area (Å²) in [6.07, 6.45) is 7.29. The van der Waals surface area contributed by atoms with Crippen LogP contribution in [0.15, 0.2) is 41.3 Å². The van der Waals surface area contributed by atoms with Crippen molar-refractivity contribution in [1.82, 2.24) is 4.98 Å². The summed E-state index contributed by atoms with van der Waals surface area (Å²) in [5.41, 5.74) is 2.22. The maximum atomic E-state index is 5.32. The number of nitrogens with zero attached hydrogens (tertiary/aromatic N) is 1. The number of benzene rings is 1. The molecule has 1 fully saturated rings.